The molecule has 1 aliphatic rings. The van der Waals surface area contributed by atoms with E-state index in [2.05, 4.69) is 10.3 Å². The molecule has 6 nitrogen and oxygen atoms in total. The molecule has 0 bridgehead atoms. The molecule has 0 unspecified atom stereocenters. The van der Waals surface area contributed by atoms with Crippen molar-refractivity contribution in [3.8, 4) is 5.75 Å². The van der Waals surface area contributed by atoms with Crippen molar-refractivity contribution in [3.63, 3.8) is 0 Å². The van der Waals surface area contributed by atoms with Crippen molar-refractivity contribution in [2.45, 2.75) is 0 Å². The molecule has 31 heavy (non-hydrogen) atoms. The lowest BCUT2D eigenvalue weighted by Crippen LogP contribution is -2.31. The molecule has 0 spiro atoms. The summed E-state index contributed by atoms with van der Waals surface area (Å²) < 4.78 is 6.27. The zero-order valence-electron chi connectivity index (χ0n) is 16.7. The second kappa shape index (κ2) is 7.77. The molecule has 1 aromatic heterocycles. The summed E-state index contributed by atoms with van der Waals surface area (Å²) in [5, 5.41) is 14.2. The van der Waals surface area contributed by atoms with E-state index in [0.29, 0.717) is 22.0 Å². The van der Waals surface area contributed by atoms with Crippen LogP contribution in [0, 0.1) is 0 Å². The van der Waals surface area contributed by atoms with Gasteiger partial charge < -0.3 is 14.7 Å². The second-order valence-electron chi connectivity index (χ2n) is 7.05. The van der Waals surface area contributed by atoms with Crippen LogP contribution in [-0.4, -0.2) is 29.7 Å². The van der Waals surface area contributed by atoms with Crippen molar-refractivity contribution in [1.82, 2.24) is 4.98 Å². The Labute approximate surface area is 183 Å². The van der Waals surface area contributed by atoms with Crippen LogP contribution in [0.15, 0.2) is 78.4 Å². The van der Waals surface area contributed by atoms with Crippen LogP contribution >= 0.6 is 11.3 Å². The Bertz CT molecular complexity index is 1310. The molecule has 1 aliphatic heterocycles. The fraction of sp³-hybridized carbons (Fsp3) is 0.0833. The maximum Gasteiger partial charge on any atom is 0.258 e. The fourth-order valence-corrected chi connectivity index (χ4v) is 4.60. The highest BCUT2D eigenvalue weighted by Gasteiger charge is 2.29. The maximum absolute atomic E-state index is 13.2. The van der Waals surface area contributed by atoms with Gasteiger partial charge in [-0.3, -0.25) is 10.1 Å². The quantitative estimate of drug-likeness (QED) is 0.457. The number of aromatic nitrogens is 1. The highest BCUT2D eigenvalue weighted by Crippen LogP contribution is 2.38. The molecule has 0 atom stereocenters. The predicted octanol–water partition coefficient (Wildman–Crippen LogP) is 5.36. The van der Waals surface area contributed by atoms with Crippen molar-refractivity contribution in [2.24, 2.45) is 0 Å². The molecule has 5 rings (SSSR count). The third-order valence-corrected chi connectivity index (χ3v) is 6.15. The van der Waals surface area contributed by atoms with E-state index in [1.807, 2.05) is 77.7 Å². The molecule has 3 aromatic carbocycles. The van der Waals surface area contributed by atoms with Crippen molar-refractivity contribution in [2.75, 3.05) is 23.9 Å². The van der Waals surface area contributed by atoms with E-state index >= 15 is 0 Å². The van der Waals surface area contributed by atoms with Gasteiger partial charge in [0.1, 0.15) is 17.0 Å². The number of para-hydroxylation sites is 3. The number of hydrogen-bond donors (Lipinski definition) is 2. The summed E-state index contributed by atoms with van der Waals surface area (Å²) in [4.78, 5) is 19.7. The summed E-state index contributed by atoms with van der Waals surface area (Å²) in [7, 11) is 1.59. The van der Waals surface area contributed by atoms with Crippen molar-refractivity contribution in [1.29, 1.82) is 0 Å². The van der Waals surface area contributed by atoms with Gasteiger partial charge in [-0.05, 0) is 36.4 Å². The number of fused-ring (bicyclic) bond motifs is 2. The molecule has 2 N–H and O–H groups in total. The number of hydrogen-bond acceptors (Lipinski definition) is 6. The summed E-state index contributed by atoms with van der Waals surface area (Å²) in [5.41, 5.74) is 3.40. The molecule has 7 heteroatoms. The summed E-state index contributed by atoms with van der Waals surface area (Å²) in [6.07, 6.45) is 0. The van der Waals surface area contributed by atoms with Gasteiger partial charge in [0, 0.05) is 11.3 Å². The zero-order chi connectivity index (χ0) is 21.4. The monoisotopic (exact) mass is 429 g/mol. The summed E-state index contributed by atoms with van der Waals surface area (Å²) in [6.45, 7) is 0.243. The molecule has 1 amide bonds. The lowest BCUT2D eigenvalue weighted by Gasteiger charge is -2.32. The van der Waals surface area contributed by atoms with Gasteiger partial charge in [-0.15, -0.1) is 0 Å². The van der Waals surface area contributed by atoms with Crippen LogP contribution in [0.4, 0.5) is 16.5 Å². The predicted molar refractivity (Wildman–Crippen MR) is 124 cm³/mol. The first kappa shape index (κ1) is 19.1. The average molecular weight is 430 g/mol. The van der Waals surface area contributed by atoms with Crippen molar-refractivity contribution in [3.05, 3.63) is 83.9 Å². The number of thiazole rings is 1. The molecule has 0 saturated heterocycles. The van der Waals surface area contributed by atoms with Crippen LogP contribution in [0.2, 0.25) is 0 Å². The van der Waals surface area contributed by atoms with E-state index < -0.39 is 0 Å². The topological polar surface area (TPSA) is 74.7 Å². The summed E-state index contributed by atoms with van der Waals surface area (Å²) in [6, 6.07) is 23.0. The molecule has 0 aliphatic carbocycles. The van der Waals surface area contributed by atoms with Crippen LogP contribution in [0.5, 0.6) is 5.75 Å². The number of benzene rings is 3. The van der Waals surface area contributed by atoms with Crippen LogP contribution in [0.3, 0.4) is 0 Å². The Hall–Kier alpha value is -3.84. The van der Waals surface area contributed by atoms with E-state index in [1.54, 1.807) is 7.11 Å². The lowest BCUT2D eigenvalue weighted by atomic mass is 9.99. The number of carbonyl (C=O) groups excluding carboxylic acids is 1. The average Bonchev–Trinajstić information content (AvgIpc) is 3.22. The Kier molecular flexibility index (Phi) is 4.80. The standard InChI is InChI=1S/C24H19N3O3S/c1-30-19-12-7-13-20-21(19)25-24(31-20)26-23(29)17-14-27(15-8-3-2-4-9-15)18-11-6-5-10-16(18)22(17)28/h2-13,28H,14H2,1H3,(H,25,26,29). The highest BCUT2D eigenvalue weighted by molar-refractivity contribution is 7.22. The van der Waals surface area contributed by atoms with Gasteiger partial charge in [-0.2, -0.15) is 0 Å². The van der Waals surface area contributed by atoms with Gasteiger partial charge in [0.25, 0.3) is 5.91 Å². The number of methoxy groups -OCH3 is 1. The number of anilines is 3. The molecule has 0 fully saturated rings. The van der Waals surface area contributed by atoms with Crippen LogP contribution in [0.1, 0.15) is 5.56 Å². The number of nitrogens with one attached hydrogen (secondary N) is 1. The molecule has 154 valence electrons. The van der Waals surface area contributed by atoms with Gasteiger partial charge in [0.15, 0.2) is 5.13 Å². The van der Waals surface area contributed by atoms with Crippen LogP contribution in [-0.2, 0) is 4.79 Å². The van der Waals surface area contributed by atoms with Crippen LogP contribution in [0.25, 0.3) is 16.0 Å². The minimum Gasteiger partial charge on any atom is -0.507 e. The number of aliphatic hydroxyl groups excluding tert-OH is 1. The first-order valence-electron chi connectivity index (χ1n) is 9.74. The zero-order valence-corrected chi connectivity index (χ0v) is 17.5. The number of ether oxygens (including phenoxy) is 1. The molecular formula is C24H19N3O3S. The number of rotatable bonds is 4. The third kappa shape index (κ3) is 3.39. The molecule has 2 heterocycles. The van der Waals surface area contributed by atoms with Crippen LogP contribution < -0.4 is 15.0 Å². The Morgan fingerprint density at radius 2 is 1.84 bits per heavy atom. The van der Waals surface area contributed by atoms with Crippen molar-refractivity contribution < 1.29 is 14.6 Å². The smallest absolute Gasteiger partial charge is 0.258 e. The minimum atomic E-state index is -0.383. The van der Waals surface area contributed by atoms with Gasteiger partial charge >= 0.3 is 0 Å². The Morgan fingerprint density at radius 3 is 2.65 bits per heavy atom. The molecule has 0 saturated carbocycles. The first-order chi connectivity index (χ1) is 15.2. The van der Waals surface area contributed by atoms with E-state index in [4.69, 9.17) is 4.74 Å². The Balaban J connectivity index is 1.51. The number of carbonyl (C=O) groups is 1. The SMILES string of the molecule is COc1cccc2sc(NC(=O)C3=C(O)c4ccccc4N(c4ccccc4)C3)nc12. The largest absolute Gasteiger partial charge is 0.507 e. The summed E-state index contributed by atoms with van der Waals surface area (Å²) >= 11 is 1.36. The van der Waals surface area contributed by atoms with Gasteiger partial charge in [0.2, 0.25) is 0 Å². The third-order valence-electron chi connectivity index (χ3n) is 5.22. The molecule has 0 radical (unpaired) electrons. The maximum atomic E-state index is 13.2. The van der Waals surface area contributed by atoms with E-state index in [0.717, 1.165) is 16.1 Å². The normalized spacial score (nSPS) is 13.3. The first-order valence-corrected chi connectivity index (χ1v) is 10.6. The van der Waals surface area contributed by atoms with E-state index in [9.17, 15) is 9.90 Å². The minimum absolute atomic E-state index is 0.0148. The lowest BCUT2D eigenvalue weighted by molar-refractivity contribution is -0.112. The number of nitrogens with zero attached hydrogens (tertiary/aromatic N) is 2. The van der Waals surface area contributed by atoms with Gasteiger partial charge in [-0.25, -0.2) is 4.98 Å². The summed E-state index contributed by atoms with van der Waals surface area (Å²) in [5.74, 6) is 0.253. The second-order valence-corrected chi connectivity index (χ2v) is 8.08. The van der Waals surface area contributed by atoms with Gasteiger partial charge in [-0.1, -0.05) is 47.7 Å². The van der Waals surface area contributed by atoms with Crippen molar-refractivity contribution >= 4 is 49.7 Å². The molecular weight excluding hydrogens is 410 g/mol. The van der Waals surface area contributed by atoms with Gasteiger partial charge in [0.05, 0.1) is 29.6 Å². The molecule has 4 aromatic rings. The van der Waals surface area contributed by atoms with E-state index in [1.165, 1.54) is 11.3 Å². The number of amides is 1. The van der Waals surface area contributed by atoms with E-state index in [-0.39, 0.29) is 23.8 Å². The Morgan fingerprint density at radius 1 is 1.06 bits per heavy atom. The number of aliphatic hydroxyl groups is 1. The highest BCUT2D eigenvalue weighted by atomic mass is 32.1. The fourth-order valence-electron chi connectivity index (χ4n) is 3.72.